The first-order chi connectivity index (χ1) is 10.7. The number of aromatic nitrogens is 2. The van der Waals surface area contributed by atoms with Gasteiger partial charge in [0.25, 0.3) is 0 Å². The van der Waals surface area contributed by atoms with Gasteiger partial charge >= 0.3 is 5.69 Å². The molecule has 0 aliphatic carbocycles. The van der Waals surface area contributed by atoms with Gasteiger partial charge in [0.1, 0.15) is 6.54 Å². The Morgan fingerprint density at radius 2 is 1.86 bits per heavy atom. The number of fused-ring (bicyclic) bond motifs is 2. The molecule has 3 aromatic rings. The lowest BCUT2D eigenvalue weighted by Crippen LogP contribution is -2.34. The Bertz CT molecular complexity index is 923. The van der Waals surface area contributed by atoms with Gasteiger partial charge in [-0.3, -0.25) is 9.36 Å². The minimum atomic E-state index is -0.248. The van der Waals surface area contributed by atoms with Crippen molar-refractivity contribution in [3.63, 3.8) is 0 Å². The number of para-hydroxylation sites is 3. The zero-order chi connectivity index (χ0) is 15.1. The van der Waals surface area contributed by atoms with Gasteiger partial charge in [-0.15, -0.1) is 0 Å². The number of benzene rings is 2. The predicted octanol–water partition coefficient (Wildman–Crippen LogP) is 1.92. The number of H-pyrrole nitrogens is 1. The van der Waals surface area contributed by atoms with Gasteiger partial charge < -0.3 is 9.88 Å². The van der Waals surface area contributed by atoms with Gasteiger partial charge in [0.2, 0.25) is 5.91 Å². The molecule has 110 valence electrons. The fourth-order valence-corrected chi connectivity index (χ4v) is 3.08. The first-order valence-corrected chi connectivity index (χ1v) is 7.30. The van der Waals surface area contributed by atoms with Crippen molar-refractivity contribution in [2.45, 2.75) is 13.0 Å². The molecule has 22 heavy (non-hydrogen) atoms. The summed E-state index contributed by atoms with van der Waals surface area (Å²) < 4.78 is 1.50. The van der Waals surface area contributed by atoms with Crippen LogP contribution >= 0.6 is 0 Å². The van der Waals surface area contributed by atoms with Crippen molar-refractivity contribution in [1.82, 2.24) is 9.55 Å². The van der Waals surface area contributed by atoms with Crippen LogP contribution in [0.15, 0.2) is 53.3 Å². The molecule has 5 nitrogen and oxygen atoms in total. The van der Waals surface area contributed by atoms with Crippen LogP contribution in [0.5, 0.6) is 0 Å². The highest BCUT2D eigenvalue weighted by Crippen LogP contribution is 2.27. The van der Waals surface area contributed by atoms with Gasteiger partial charge in [-0.25, -0.2) is 4.79 Å². The highest BCUT2D eigenvalue weighted by atomic mass is 16.2. The van der Waals surface area contributed by atoms with Crippen LogP contribution in [-0.2, 0) is 17.8 Å². The number of aromatic amines is 1. The molecule has 2 aromatic carbocycles. The maximum Gasteiger partial charge on any atom is 0.326 e. The zero-order valence-corrected chi connectivity index (χ0v) is 12.0. The van der Waals surface area contributed by atoms with Crippen molar-refractivity contribution in [2.24, 2.45) is 0 Å². The number of imidazole rings is 1. The molecular weight excluding hydrogens is 278 g/mol. The Balaban J connectivity index is 1.68. The van der Waals surface area contributed by atoms with E-state index < -0.39 is 0 Å². The summed E-state index contributed by atoms with van der Waals surface area (Å²) in [6.45, 7) is 0.729. The number of hydrogen-bond acceptors (Lipinski definition) is 2. The van der Waals surface area contributed by atoms with E-state index in [2.05, 4.69) is 4.98 Å². The lowest BCUT2D eigenvalue weighted by Gasteiger charge is -2.17. The Labute approximate surface area is 126 Å². The standard InChI is InChI=1S/C17H15N3O2/c21-16(19-10-9-12-5-1-3-7-14(12)19)11-20-15-8-4-2-6-13(15)18-17(20)22/h1-8H,9-11H2,(H,18,22). The van der Waals surface area contributed by atoms with E-state index in [4.69, 9.17) is 0 Å². The van der Waals surface area contributed by atoms with Crippen LogP contribution in [0.2, 0.25) is 0 Å². The van der Waals surface area contributed by atoms with E-state index in [9.17, 15) is 9.59 Å². The normalized spacial score (nSPS) is 13.5. The number of carbonyl (C=O) groups excluding carboxylic acids is 1. The molecule has 5 heteroatoms. The molecule has 1 amide bonds. The number of carbonyl (C=O) groups is 1. The van der Waals surface area contributed by atoms with Crippen LogP contribution in [0.25, 0.3) is 11.0 Å². The zero-order valence-electron chi connectivity index (χ0n) is 12.0. The minimum absolute atomic E-state index is 0.0528. The first-order valence-electron chi connectivity index (χ1n) is 7.30. The summed E-state index contributed by atoms with van der Waals surface area (Å²) >= 11 is 0. The van der Waals surface area contributed by atoms with Crippen molar-refractivity contribution < 1.29 is 4.79 Å². The lowest BCUT2D eigenvalue weighted by atomic mass is 10.2. The molecule has 0 saturated carbocycles. The SMILES string of the molecule is O=C(Cn1c(=O)[nH]c2ccccc21)N1CCc2ccccc21. The summed E-state index contributed by atoms with van der Waals surface area (Å²) in [6.07, 6.45) is 0.866. The summed E-state index contributed by atoms with van der Waals surface area (Å²) in [7, 11) is 0. The molecule has 0 unspecified atom stereocenters. The molecule has 1 N–H and O–H groups in total. The largest absolute Gasteiger partial charge is 0.326 e. The second-order valence-electron chi connectivity index (χ2n) is 5.46. The fraction of sp³-hybridized carbons (Fsp3) is 0.176. The Hall–Kier alpha value is -2.82. The van der Waals surface area contributed by atoms with Crippen molar-refractivity contribution >= 4 is 22.6 Å². The van der Waals surface area contributed by atoms with Gasteiger partial charge in [-0.1, -0.05) is 30.3 Å². The van der Waals surface area contributed by atoms with Gasteiger partial charge in [-0.05, 0) is 30.2 Å². The predicted molar refractivity (Wildman–Crippen MR) is 85.1 cm³/mol. The third-order valence-electron chi connectivity index (χ3n) is 4.16. The van der Waals surface area contributed by atoms with E-state index in [1.165, 1.54) is 10.1 Å². The van der Waals surface area contributed by atoms with Crippen molar-refractivity contribution in [2.75, 3.05) is 11.4 Å². The van der Waals surface area contributed by atoms with Gasteiger partial charge in [0.05, 0.1) is 11.0 Å². The molecule has 0 bridgehead atoms. The molecular formula is C17H15N3O2. The second-order valence-corrected chi connectivity index (χ2v) is 5.46. The molecule has 0 radical (unpaired) electrons. The van der Waals surface area contributed by atoms with Crippen LogP contribution in [-0.4, -0.2) is 22.0 Å². The molecule has 0 fully saturated rings. The fourth-order valence-electron chi connectivity index (χ4n) is 3.08. The average Bonchev–Trinajstić information content (AvgIpc) is 3.09. The van der Waals surface area contributed by atoms with Crippen molar-refractivity contribution in [3.8, 4) is 0 Å². The molecule has 0 spiro atoms. The quantitative estimate of drug-likeness (QED) is 0.785. The van der Waals surface area contributed by atoms with Crippen LogP contribution in [0.3, 0.4) is 0 Å². The molecule has 0 atom stereocenters. The number of rotatable bonds is 2. The van der Waals surface area contributed by atoms with E-state index in [0.717, 1.165) is 23.1 Å². The highest BCUT2D eigenvalue weighted by molar-refractivity contribution is 5.96. The van der Waals surface area contributed by atoms with Gasteiger partial charge in [0.15, 0.2) is 0 Å². The van der Waals surface area contributed by atoms with E-state index >= 15 is 0 Å². The summed E-state index contributed by atoms with van der Waals surface area (Å²) in [5.74, 6) is -0.0585. The Morgan fingerprint density at radius 1 is 1.09 bits per heavy atom. The molecule has 2 heterocycles. The van der Waals surface area contributed by atoms with Crippen molar-refractivity contribution in [3.05, 3.63) is 64.6 Å². The second kappa shape index (κ2) is 4.87. The molecule has 1 aliphatic rings. The number of nitrogens with zero attached hydrogens (tertiary/aromatic N) is 2. The molecule has 1 aromatic heterocycles. The molecule has 4 rings (SSSR count). The third-order valence-corrected chi connectivity index (χ3v) is 4.16. The van der Waals surface area contributed by atoms with E-state index in [1.807, 2.05) is 48.5 Å². The third kappa shape index (κ3) is 1.94. The number of anilines is 1. The van der Waals surface area contributed by atoms with Crippen LogP contribution in [0.4, 0.5) is 5.69 Å². The van der Waals surface area contributed by atoms with Gasteiger partial charge in [0, 0.05) is 12.2 Å². The smallest absolute Gasteiger partial charge is 0.310 e. The molecule has 1 aliphatic heterocycles. The summed E-state index contributed by atoms with van der Waals surface area (Å²) in [5.41, 5.74) is 3.40. The summed E-state index contributed by atoms with van der Waals surface area (Å²) in [5, 5.41) is 0. The summed E-state index contributed by atoms with van der Waals surface area (Å²) in [6, 6.07) is 15.3. The first kappa shape index (κ1) is 12.9. The monoisotopic (exact) mass is 293 g/mol. The van der Waals surface area contributed by atoms with E-state index in [1.54, 1.807) is 4.90 Å². The highest BCUT2D eigenvalue weighted by Gasteiger charge is 2.24. The maximum absolute atomic E-state index is 12.6. The lowest BCUT2D eigenvalue weighted by molar-refractivity contribution is -0.119. The minimum Gasteiger partial charge on any atom is -0.310 e. The Morgan fingerprint density at radius 3 is 2.77 bits per heavy atom. The van der Waals surface area contributed by atoms with Crippen LogP contribution < -0.4 is 10.6 Å². The number of amides is 1. The Kier molecular flexibility index (Phi) is 2.85. The van der Waals surface area contributed by atoms with Crippen LogP contribution in [0, 0.1) is 0 Å². The number of hydrogen-bond donors (Lipinski definition) is 1. The maximum atomic E-state index is 12.6. The molecule has 0 saturated heterocycles. The topological polar surface area (TPSA) is 58.1 Å². The number of nitrogens with one attached hydrogen (secondary N) is 1. The van der Waals surface area contributed by atoms with Crippen LogP contribution in [0.1, 0.15) is 5.56 Å². The van der Waals surface area contributed by atoms with Crippen molar-refractivity contribution in [1.29, 1.82) is 0 Å². The summed E-state index contributed by atoms with van der Waals surface area (Å²) in [4.78, 5) is 29.2. The van der Waals surface area contributed by atoms with E-state index in [0.29, 0.717) is 6.54 Å². The average molecular weight is 293 g/mol. The van der Waals surface area contributed by atoms with Gasteiger partial charge in [-0.2, -0.15) is 0 Å². The van der Waals surface area contributed by atoms with E-state index in [-0.39, 0.29) is 18.1 Å².